The molecular weight excluding hydrogens is 339 g/mol. The summed E-state index contributed by atoms with van der Waals surface area (Å²) in [7, 11) is 0. The quantitative estimate of drug-likeness (QED) is 0.855. The lowest BCUT2D eigenvalue weighted by Crippen LogP contribution is -2.53. The van der Waals surface area contributed by atoms with Crippen LogP contribution in [0.3, 0.4) is 0 Å². The number of hydrogen-bond acceptors (Lipinski definition) is 5. The minimum atomic E-state index is -0.371. The first-order valence-corrected chi connectivity index (χ1v) is 7.02. The molecule has 0 bridgehead atoms. The molecule has 1 amide bonds. The van der Waals surface area contributed by atoms with Crippen LogP contribution in [-0.2, 0) is 0 Å². The SMILES string of the molecule is CC(CN)(NC(=O)c1cc(-c2cccnc2)on1)C1CC1.Cl.Cl. The third-order valence-corrected chi connectivity index (χ3v) is 3.99. The number of hydrogen-bond donors (Lipinski definition) is 2. The fourth-order valence-corrected chi connectivity index (χ4v) is 2.39. The molecule has 0 aliphatic heterocycles. The number of pyridine rings is 1. The van der Waals surface area contributed by atoms with Crippen molar-refractivity contribution in [3.05, 3.63) is 36.3 Å². The highest BCUT2D eigenvalue weighted by molar-refractivity contribution is 5.93. The van der Waals surface area contributed by atoms with E-state index < -0.39 is 0 Å². The summed E-state index contributed by atoms with van der Waals surface area (Å²) in [6.45, 7) is 2.39. The van der Waals surface area contributed by atoms with Crippen LogP contribution in [0.1, 0.15) is 30.3 Å². The fourth-order valence-electron chi connectivity index (χ4n) is 2.39. The van der Waals surface area contributed by atoms with Crippen molar-refractivity contribution in [3.8, 4) is 11.3 Å². The Bertz CT molecular complexity index is 646. The lowest BCUT2D eigenvalue weighted by atomic mass is 9.96. The number of carbonyl (C=O) groups is 1. The third kappa shape index (κ3) is 4.22. The standard InChI is InChI=1S/C15H18N4O2.2ClH/c1-15(9-16,11-4-5-11)18-14(20)12-7-13(21-19-12)10-3-2-6-17-8-10;;/h2-3,6-8,11H,4-5,9,16H2,1H3,(H,18,20);2*1H. The van der Waals surface area contributed by atoms with Gasteiger partial charge >= 0.3 is 0 Å². The van der Waals surface area contributed by atoms with E-state index in [2.05, 4.69) is 15.5 Å². The van der Waals surface area contributed by atoms with E-state index >= 15 is 0 Å². The summed E-state index contributed by atoms with van der Waals surface area (Å²) in [5, 5.41) is 6.82. The molecule has 1 unspecified atom stereocenters. The second kappa shape index (κ2) is 7.77. The second-order valence-electron chi connectivity index (χ2n) is 5.67. The summed E-state index contributed by atoms with van der Waals surface area (Å²) in [6.07, 6.45) is 5.55. The van der Waals surface area contributed by atoms with Crippen molar-refractivity contribution in [2.75, 3.05) is 6.54 Å². The van der Waals surface area contributed by atoms with Gasteiger partial charge in [-0.1, -0.05) is 5.16 Å². The van der Waals surface area contributed by atoms with Crippen LogP contribution in [-0.4, -0.2) is 28.1 Å². The van der Waals surface area contributed by atoms with Crippen LogP contribution in [0.4, 0.5) is 0 Å². The number of nitrogens with zero attached hydrogens (tertiary/aromatic N) is 2. The number of halogens is 2. The van der Waals surface area contributed by atoms with Gasteiger partial charge < -0.3 is 15.6 Å². The van der Waals surface area contributed by atoms with Crippen LogP contribution in [0, 0.1) is 5.92 Å². The Morgan fingerprint density at radius 2 is 2.22 bits per heavy atom. The number of amides is 1. The molecule has 1 saturated carbocycles. The van der Waals surface area contributed by atoms with Gasteiger partial charge in [0.2, 0.25) is 0 Å². The summed E-state index contributed by atoms with van der Waals surface area (Å²) in [5.74, 6) is 0.721. The topological polar surface area (TPSA) is 94.0 Å². The van der Waals surface area contributed by atoms with E-state index in [1.54, 1.807) is 24.5 Å². The first kappa shape index (κ1) is 19.4. The van der Waals surface area contributed by atoms with Crippen LogP contribution < -0.4 is 11.1 Å². The zero-order valence-corrected chi connectivity index (χ0v) is 14.3. The number of nitrogens with two attached hydrogens (primary N) is 1. The maximum Gasteiger partial charge on any atom is 0.273 e. The van der Waals surface area contributed by atoms with Gasteiger partial charge in [-0.15, -0.1) is 24.8 Å². The number of aromatic nitrogens is 2. The number of nitrogens with one attached hydrogen (secondary N) is 1. The van der Waals surface area contributed by atoms with E-state index in [1.165, 1.54) is 0 Å². The summed E-state index contributed by atoms with van der Waals surface area (Å²) >= 11 is 0. The van der Waals surface area contributed by atoms with E-state index in [-0.39, 0.29) is 42.0 Å². The van der Waals surface area contributed by atoms with Crippen LogP contribution in [0.15, 0.2) is 35.1 Å². The Labute approximate surface area is 147 Å². The van der Waals surface area contributed by atoms with Crippen LogP contribution >= 0.6 is 24.8 Å². The lowest BCUT2D eigenvalue weighted by molar-refractivity contribution is 0.0888. The van der Waals surface area contributed by atoms with Crippen molar-refractivity contribution in [1.82, 2.24) is 15.5 Å². The minimum absolute atomic E-state index is 0. The molecule has 0 radical (unpaired) electrons. The average molecular weight is 359 g/mol. The largest absolute Gasteiger partial charge is 0.355 e. The van der Waals surface area contributed by atoms with Gasteiger partial charge in [-0.3, -0.25) is 9.78 Å². The van der Waals surface area contributed by atoms with Gasteiger partial charge in [0, 0.05) is 30.6 Å². The Morgan fingerprint density at radius 3 is 2.78 bits per heavy atom. The number of rotatable bonds is 5. The maximum atomic E-state index is 12.3. The van der Waals surface area contributed by atoms with Gasteiger partial charge in [0.1, 0.15) is 0 Å². The summed E-state index contributed by atoms with van der Waals surface area (Å²) in [4.78, 5) is 16.3. The van der Waals surface area contributed by atoms with E-state index in [0.29, 0.717) is 18.2 Å². The third-order valence-electron chi connectivity index (χ3n) is 3.99. The van der Waals surface area contributed by atoms with Gasteiger partial charge in [-0.2, -0.15) is 0 Å². The van der Waals surface area contributed by atoms with E-state index in [0.717, 1.165) is 18.4 Å². The Kier molecular flexibility index (Phi) is 6.56. The Hall–Kier alpha value is -1.63. The minimum Gasteiger partial charge on any atom is -0.355 e. The number of carbonyl (C=O) groups excluding carboxylic acids is 1. The Balaban J connectivity index is 0.00000132. The molecule has 0 saturated heterocycles. The fraction of sp³-hybridized carbons (Fsp3) is 0.400. The van der Waals surface area contributed by atoms with Crippen molar-refractivity contribution >= 4 is 30.7 Å². The molecule has 6 nitrogen and oxygen atoms in total. The molecule has 1 aliphatic rings. The van der Waals surface area contributed by atoms with Gasteiger partial charge in [0.05, 0.1) is 5.54 Å². The van der Waals surface area contributed by atoms with Crippen molar-refractivity contribution in [2.24, 2.45) is 11.7 Å². The molecule has 3 N–H and O–H groups in total. The molecule has 2 heterocycles. The summed E-state index contributed by atoms with van der Waals surface area (Å²) in [5.41, 5.74) is 6.48. The van der Waals surface area contributed by atoms with Crippen molar-refractivity contribution in [1.29, 1.82) is 0 Å². The van der Waals surface area contributed by atoms with E-state index in [4.69, 9.17) is 10.3 Å². The summed E-state index contributed by atoms with van der Waals surface area (Å²) in [6, 6.07) is 5.27. The molecule has 2 aromatic rings. The summed E-state index contributed by atoms with van der Waals surface area (Å²) < 4.78 is 5.21. The normalized spacial score (nSPS) is 15.7. The zero-order valence-electron chi connectivity index (χ0n) is 12.7. The van der Waals surface area contributed by atoms with Crippen molar-refractivity contribution < 1.29 is 9.32 Å². The van der Waals surface area contributed by atoms with Crippen LogP contribution in [0.25, 0.3) is 11.3 Å². The average Bonchev–Trinajstić information content (AvgIpc) is 3.26. The van der Waals surface area contributed by atoms with Crippen LogP contribution in [0.5, 0.6) is 0 Å². The van der Waals surface area contributed by atoms with E-state index in [1.807, 2.05) is 13.0 Å². The highest BCUT2D eigenvalue weighted by Crippen LogP contribution is 2.39. The Morgan fingerprint density at radius 1 is 1.48 bits per heavy atom. The molecule has 0 aromatic carbocycles. The smallest absolute Gasteiger partial charge is 0.273 e. The molecule has 1 fully saturated rings. The van der Waals surface area contributed by atoms with Gasteiger partial charge in [-0.05, 0) is 37.8 Å². The molecule has 2 aromatic heterocycles. The van der Waals surface area contributed by atoms with E-state index in [9.17, 15) is 4.79 Å². The lowest BCUT2D eigenvalue weighted by Gasteiger charge is -2.28. The van der Waals surface area contributed by atoms with Crippen LogP contribution in [0.2, 0.25) is 0 Å². The highest BCUT2D eigenvalue weighted by Gasteiger charge is 2.42. The van der Waals surface area contributed by atoms with Gasteiger partial charge in [-0.25, -0.2) is 0 Å². The first-order valence-electron chi connectivity index (χ1n) is 7.02. The molecule has 3 rings (SSSR count). The molecule has 1 aliphatic carbocycles. The molecule has 1 atom stereocenters. The van der Waals surface area contributed by atoms with Crippen molar-refractivity contribution in [3.63, 3.8) is 0 Å². The predicted molar refractivity (Wildman–Crippen MR) is 91.9 cm³/mol. The first-order chi connectivity index (χ1) is 10.1. The molecule has 0 spiro atoms. The van der Waals surface area contributed by atoms with Gasteiger partial charge in [0.25, 0.3) is 5.91 Å². The van der Waals surface area contributed by atoms with Crippen molar-refractivity contribution in [2.45, 2.75) is 25.3 Å². The predicted octanol–water partition coefficient (Wildman–Crippen LogP) is 2.44. The molecule has 8 heteroatoms. The highest BCUT2D eigenvalue weighted by atomic mass is 35.5. The zero-order chi connectivity index (χ0) is 14.9. The monoisotopic (exact) mass is 358 g/mol. The molecule has 23 heavy (non-hydrogen) atoms. The maximum absolute atomic E-state index is 12.3. The second-order valence-corrected chi connectivity index (χ2v) is 5.67. The molecule has 126 valence electrons. The molecular formula is C15H20Cl2N4O2. The van der Waals surface area contributed by atoms with Gasteiger partial charge in [0.15, 0.2) is 11.5 Å².